The fourth-order valence-electron chi connectivity index (χ4n) is 7.77. The van der Waals surface area contributed by atoms with Gasteiger partial charge in [0, 0.05) is 39.3 Å². The molecule has 0 radical (unpaired) electrons. The minimum absolute atomic E-state index is 0.00477. The van der Waals surface area contributed by atoms with Crippen molar-refractivity contribution in [2.24, 2.45) is 0 Å². The highest BCUT2D eigenvalue weighted by molar-refractivity contribution is 6.32. The van der Waals surface area contributed by atoms with E-state index in [0.717, 1.165) is 36.8 Å². The number of rotatable bonds is 26. The van der Waals surface area contributed by atoms with Crippen molar-refractivity contribution >= 4 is 35.0 Å². The molecule has 11 heteroatoms. The second-order valence-corrected chi connectivity index (χ2v) is 16.6. The number of aromatic hydroxyl groups is 2. The summed E-state index contributed by atoms with van der Waals surface area (Å²) in [6.45, 7) is 8.53. The summed E-state index contributed by atoms with van der Waals surface area (Å²) in [5.74, 6) is 0.0680. The standard InChI is InChI=1S/C44H68Cl2N4O5/c45-39-31-35(15-17-41(39)51)33-43(53)47-23-11-7-3-1-5-9-13-25-49-27-19-37(20-28-49)55-38-21-29-50(30-22-38)26-14-10-6-2-4-8-12-24-48-44(54)34-36-16-18-42(52)40(46)32-36/h15-18,31-32,37-38,51-52H,1-14,19-30,33-34H2,(H,47,53)(H,48,54). The molecule has 4 rings (SSSR count). The molecule has 2 aliphatic heterocycles. The maximum atomic E-state index is 12.1. The number of piperidine rings is 2. The minimum atomic E-state index is -0.00477. The molecule has 0 spiro atoms. The van der Waals surface area contributed by atoms with Crippen LogP contribution in [0.5, 0.6) is 11.5 Å². The van der Waals surface area contributed by atoms with Gasteiger partial charge < -0.3 is 35.4 Å². The van der Waals surface area contributed by atoms with Gasteiger partial charge in [0.05, 0.1) is 35.1 Å². The van der Waals surface area contributed by atoms with Gasteiger partial charge in [0.15, 0.2) is 0 Å². The molecule has 55 heavy (non-hydrogen) atoms. The molecular weight excluding hydrogens is 735 g/mol. The van der Waals surface area contributed by atoms with Gasteiger partial charge in [-0.1, -0.05) is 99.5 Å². The second-order valence-electron chi connectivity index (χ2n) is 15.8. The molecule has 0 aromatic heterocycles. The van der Waals surface area contributed by atoms with Crippen molar-refractivity contribution in [3.63, 3.8) is 0 Å². The van der Waals surface area contributed by atoms with E-state index in [0.29, 0.717) is 25.3 Å². The largest absolute Gasteiger partial charge is 0.506 e. The molecule has 2 amide bonds. The summed E-state index contributed by atoms with van der Waals surface area (Å²) in [4.78, 5) is 29.6. The average molecular weight is 804 g/mol. The molecular formula is C44H68Cl2N4O5. The fourth-order valence-corrected chi connectivity index (χ4v) is 8.18. The lowest BCUT2D eigenvalue weighted by Gasteiger charge is -2.37. The van der Waals surface area contributed by atoms with Crippen molar-refractivity contribution in [3.8, 4) is 11.5 Å². The van der Waals surface area contributed by atoms with Crippen LogP contribution >= 0.6 is 23.2 Å². The van der Waals surface area contributed by atoms with Crippen LogP contribution in [0.2, 0.25) is 10.0 Å². The van der Waals surface area contributed by atoms with Crippen molar-refractivity contribution in [1.82, 2.24) is 20.4 Å². The van der Waals surface area contributed by atoms with Crippen LogP contribution in [-0.2, 0) is 27.2 Å². The Morgan fingerprint density at radius 1 is 0.564 bits per heavy atom. The zero-order valence-electron chi connectivity index (χ0n) is 33.2. The van der Waals surface area contributed by atoms with E-state index < -0.39 is 0 Å². The number of phenolic OH excluding ortho intramolecular Hbond substituents is 2. The topological polar surface area (TPSA) is 114 Å². The van der Waals surface area contributed by atoms with E-state index in [1.54, 1.807) is 24.3 Å². The molecule has 2 saturated heterocycles. The first-order chi connectivity index (χ1) is 26.7. The smallest absolute Gasteiger partial charge is 0.224 e. The third-order valence-corrected chi connectivity index (χ3v) is 11.8. The van der Waals surface area contributed by atoms with Crippen molar-refractivity contribution in [3.05, 3.63) is 57.6 Å². The number of ether oxygens (including phenoxy) is 1. The van der Waals surface area contributed by atoms with Crippen LogP contribution < -0.4 is 10.6 Å². The molecule has 0 aliphatic carbocycles. The van der Waals surface area contributed by atoms with E-state index in [1.807, 2.05) is 0 Å². The molecule has 308 valence electrons. The van der Waals surface area contributed by atoms with Gasteiger partial charge in [-0.25, -0.2) is 0 Å². The predicted octanol–water partition coefficient (Wildman–Crippen LogP) is 8.83. The maximum Gasteiger partial charge on any atom is 0.224 e. The third-order valence-electron chi connectivity index (χ3n) is 11.2. The van der Waals surface area contributed by atoms with Gasteiger partial charge in [0.1, 0.15) is 11.5 Å². The van der Waals surface area contributed by atoms with E-state index in [1.165, 1.54) is 141 Å². The van der Waals surface area contributed by atoms with Crippen LogP contribution in [0, 0.1) is 0 Å². The summed E-state index contributed by atoms with van der Waals surface area (Å²) in [5.41, 5.74) is 1.62. The Bertz CT molecular complexity index is 1290. The summed E-state index contributed by atoms with van der Waals surface area (Å²) in [7, 11) is 0. The summed E-state index contributed by atoms with van der Waals surface area (Å²) in [6.07, 6.45) is 23.1. The van der Waals surface area contributed by atoms with Crippen molar-refractivity contribution in [2.45, 2.75) is 141 Å². The lowest BCUT2D eigenvalue weighted by Crippen LogP contribution is -2.42. The SMILES string of the molecule is O=C(Cc1ccc(O)c(Cl)c1)NCCCCCCCCCN1CCC(OC2CCN(CCCCCCCCCNC(=O)Cc3ccc(O)c(Cl)c3)CC2)CC1. The van der Waals surface area contributed by atoms with Crippen molar-refractivity contribution < 1.29 is 24.5 Å². The highest BCUT2D eigenvalue weighted by Crippen LogP contribution is 2.25. The first-order valence-corrected chi connectivity index (χ1v) is 22.1. The highest BCUT2D eigenvalue weighted by atomic mass is 35.5. The Morgan fingerprint density at radius 2 is 0.909 bits per heavy atom. The molecule has 2 heterocycles. The Hall–Kier alpha value is -2.56. The van der Waals surface area contributed by atoms with E-state index in [4.69, 9.17) is 27.9 Å². The number of unbranched alkanes of at least 4 members (excludes halogenated alkanes) is 12. The molecule has 0 atom stereocenters. The average Bonchev–Trinajstić information content (AvgIpc) is 3.17. The number of likely N-dealkylation sites (tertiary alicyclic amines) is 2. The fraction of sp³-hybridized carbons (Fsp3) is 0.682. The Labute approximate surface area is 340 Å². The monoisotopic (exact) mass is 802 g/mol. The Kier molecular flexibility index (Phi) is 21.7. The molecule has 2 aromatic rings. The van der Waals surface area contributed by atoms with Gasteiger partial charge in [-0.05, 0) is 99.8 Å². The van der Waals surface area contributed by atoms with E-state index in [2.05, 4.69) is 20.4 Å². The number of amides is 2. The number of carbonyl (C=O) groups excluding carboxylic acids is 2. The Balaban J connectivity index is 0.872. The van der Waals surface area contributed by atoms with E-state index in [9.17, 15) is 19.8 Å². The zero-order chi connectivity index (χ0) is 39.1. The molecule has 2 fully saturated rings. The van der Waals surface area contributed by atoms with Crippen LogP contribution in [-0.4, -0.2) is 96.4 Å². The second kappa shape index (κ2) is 26.4. The highest BCUT2D eigenvalue weighted by Gasteiger charge is 2.25. The number of carbonyl (C=O) groups is 2. The number of benzene rings is 2. The first kappa shape index (κ1) is 45.1. The third kappa shape index (κ3) is 19.0. The first-order valence-electron chi connectivity index (χ1n) is 21.3. The number of nitrogens with one attached hydrogen (secondary N) is 2. The van der Waals surface area contributed by atoms with Crippen LogP contribution in [0.3, 0.4) is 0 Å². The molecule has 0 unspecified atom stereocenters. The number of hydrogen-bond donors (Lipinski definition) is 4. The van der Waals surface area contributed by atoms with Crippen LogP contribution in [0.1, 0.15) is 127 Å². The van der Waals surface area contributed by atoms with E-state index in [-0.39, 0.29) is 46.2 Å². The zero-order valence-corrected chi connectivity index (χ0v) is 34.7. The maximum absolute atomic E-state index is 12.1. The van der Waals surface area contributed by atoms with Gasteiger partial charge in [-0.3, -0.25) is 9.59 Å². The summed E-state index contributed by atoms with van der Waals surface area (Å²) >= 11 is 11.9. The van der Waals surface area contributed by atoms with Crippen LogP contribution in [0.4, 0.5) is 0 Å². The Morgan fingerprint density at radius 3 is 1.27 bits per heavy atom. The molecule has 9 nitrogen and oxygen atoms in total. The predicted molar refractivity (Wildman–Crippen MR) is 224 cm³/mol. The molecule has 0 bridgehead atoms. The number of phenols is 2. The van der Waals surface area contributed by atoms with E-state index >= 15 is 0 Å². The number of halogens is 2. The quantitative estimate of drug-likeness (QED) is 0.0704. The summed E-state index contributed by atoms with van der Waals surface area (Å²) < 4.78 is 6.59. The molecule has 4 N–H and O–H groups in total. The van der Waals surface area contributed by atoms with Gasteiger partial charge >= 0.3 is 0 Å². The van der Waals surface area contributed by atoms with Crippen molar-refractivity contribution in [1.29, 1.82) is 0 Å². The summed E-state index contributed by atoms with van der Waals surface area (Å²) in [6, 6.07) is 9.80. The number of nitrogens with zero attached hydrogens (tertiary/aromatic N) is 2. The van der Waals surface area contributed by atoms with Gasteiger partial charge in [-0.15, -0.1) is 0 Å². The lowest BCUT2D eigenvalue weighted by molar-refractivity contribution is -0.121. The van der Waals surface area contributed by atoms with Gasteiger partial charge in [0.25, 0.3) is 0 Å². The lowest BCUT2D eigenvalue weighted by atomic mass is 10.0. The van der Waals surface area contributed by atoms with Gasteiger partial charge in [0.2, 0.25) is 11.8 Å². The number of hydrogen-bond acceptors (Lipinski definition) is 7. The molecule has 2 aliphatic rings. The minimum Gasteiger partial charge on any atom is -0.506 e. The molecule has 0 saturated carbocycles. The van der Waals surface area contributed by atoms with Gasteiger partial charge in [-0.2, -0.15) is 0 Å². The molecule has 2 aromatic carbocycles. The van der Waals surface area contributed by atoms with Crippen molar-refractivity contribution in [2.75, 3.05) is 52.4 Å². The van der Waals surface area contributed by atoms with Crippen LogP contribution in [0.15, 0.2) is 36.4 Å². The van der Waals surface area contributed by atoms with Crippen LogP contribution in [0.25, 0.3) is 0 Å². The summed E-state index contributed by atoms with van der Waals surface area (Å²) in [5, 5.41) is 25.6. The normalized spacial score (nSPS) is 16.0.